The first kappa shape index (κ1) is 41.1. The molecule has 0 amide bonds. The summed E-state index contributed by atoms with van der Waals surface area (Å²) >= 11 is -6.24. The van der Waals surface area contributed by atoms with E-state index < -0.39 is 14.4 Å². The second kappa shape index (κ2) is 13.8. The molecule has 2 aliphatic rings. The van der Waals surface area contributed by atoms with Crippen LogP contribution in [-0.4, -0.2) is 6.88 Å². The second-order valence-corrected chi connectivity index (χ2v) is 62.6. The molecule has 54 heavy (non-hydrogen) atoms. The second-order valence-electron chi connectivity index (χ2n) is 20.3. The Morgan fingerprint density at radius 3 is 1.17 bits per heavy atom. The molecule has 0 spiro atoms. The van der Waals surface area contributed by atoms with E-state index in [0.29, 0.717) is 23.7 Å². The minimum atomic E-state index is -6.24. The van der Waals surface area contributed by atoms with E-state index in [1.807, 2.05) is 0 Å². The third-order valence-corrected chi connectivity index (χ3v) is 67.1. The van der Waals surface area contributed by atoms with Crippen LogP contribution in [-0.2, 0) is 14.4 Å². The van der Waals surface area contributed by atoms with Gasteiger partial charge in [0.2, 0.25) is 0 Å². The third-order valence-electron chi connectivity index (χ3n) is 16.1. The third kappa shape index (κ3) is 5.20. The maximum absolute atomic E-state index is 6.24. The minimum absolute atomic E-state index is 0.277. The predicted octanol–water partition coefficient (Wildman–Crippen LogP) is 14.2. The van der Waals surface area contributed by atoms with Gasteiger partial charge in [-0.1, -0.05) is 0 Å². The number of hydrogen-bond acceptors (Lipinski definition) is 0. The van der Waals surface area contributed by atoms with Crippen molar-refractivity contribution in [3.63, 3.8) is 0 Å². The van der Waals surface area contributed by atoms with Crippen molar-refractivity contribution in [2.24, 2.45) is 0 Å². The molecule has 0 aromatic heterocycles. The number of benzene rings is 4. The molecule has 4 aromatic carbocycles. The number of rotatable bonds is 14. The molecule has 0 aliphatic heterocycles. The zero-order valence-corrected chi connectivity index (χ0v) is 40.0. The van der Waals surface area contributed by atoms with Gasteiger partial charge in [-0.15, -0.1) is 0 Å². The fourth-order valence-electron chi connectivity index (χ4n) is 13.9. The Bertz CT molecular complexity index is 2080. The Balaban J connectivity index is 2.06. The molecule has 0 fully saturated rings. The average molecular weight is 816 g/mol. The molecule has 4 aromatic rings. The van der Waals surface area contributed by atoms with Crippen molar-refractivity contribution in [1.29, 1.82) is 0 Å². The van der Waals surface area contributed by atoms with E-state index >= 15 is 0 Å². The van der Waals surface area contributed by atoms with Gasteiger partial charge in [0.1, 0.15) is 0 Å². The summed E-state index contributed by atoms with van der Waals surface area (Å²) in [5, 5.41) is 0. The summed E-state index contributed by atoms with van der Waals surface area (Å²) in [6.45, 7) is 32.0. The fourth-order valence-corrected chi connectivity index (χ4v) is 67.8. The topological polar surface area (TPSA) is 0 Å². The zero-order valence-electron chi connectivity index (χ0n) is 36.2. The monoisotopic (exact) mass is 814 g/mol. The maximum atomic E-state index is 2.73. The quantitative estimate of drug-likeness (QED) is 0.111. The van der Waals surface area contributed by atoms with Crippen molar-refractivity contribution in [2.75, 3.05) is 0 Å². The van der Waals surface area contributed by atoms with Crippen LogP contribution in [0.15, 0.2) is 96.1 Å². The normalized spacial score (nSPS) is 19.0. The van der Waals surface area contributed by atoms with Crippen molar-refractivity contribution in [3.8, 4) is 0 Å². The van der Waals surface area contributed by atoms with E-state index in [1.165, 1.54) is 67.3 Å². The molecule has 2 aliphatic carbocycles. The van der Waals surface area contributed by atoms with Gasteiger partial charge < -0.3 is 0 Å². The molecule has 0 saturated carbocycles. The van der Waals surface area contributed by atoms with Gasteiger partial charge in [0.25, 0.3) is 0 Å². The molecular formula is C52H72SiZr. The number of allylic oxidation sites excluding steroid dienone is 2. The molecule has 0 saturated heterocycles. The van der Waals surface area contributed by atoms with Gasteiger partial charge in [0.15, 0.2) is 0 Å². The summed E-state index contributed by atoms with van der Waals surface area (Å²) in [5.74, 6) is 1.80. The molecule has 2 atom stereocenters. The first-order chi connectivity index (χ1) is 25.5. The Morgan fingerprint density at radius 2 is 0.870 bits per heavy atom. The van der Waals surface area contributed by atoms with E-state index in [-0.39, 0.29) is 7.25 Å². The van der Waals surface area contributed by atoms with Crippen LogP contribution >= 0.6 is 0 Å². The summed E-state index contributed by atoms with van der Waals surface area (Å²) in [5.41, 5.74) is 15.5. The molecule has 0 nitrogen and oxygen atoms in total. The summed E-state index contributed by atoms with van der Waals surface area (Å²) in [4.78, 5) is 0. The average Bonchev–Trinajstić information content (AvgIpc) is 3.70. The van der Waals surface area contributed by atoms with Crippen molar-refractivity contribution in [3.05, 3.63) is 141 Å². The Kier molecular flexibility index (Phi) is 10.5. The van der Waals surface area contributed by atoms with E-state index in [1.54, 1.807) is 28.8 Å². The van der Waals surface area contributed by atoms with Gasteiger partial charge in [-0.05, 0) is 0 Å². The molecule has 0 bridgehead atoms. The number of fused-ring (bicyclic) bond motifs is 2. The molecule has 0 N–H and O–H groups in total. The molecule has 6 rings (SSSR count). The van der Waals surface area contributed by atoms with Gasteiger partial charge in [-0.3, -0.25) is 0 Å². The van der Waals surface area contributed by atoms with Gasteiger partial charge in [0.05, 0.1) is 0 Å². The van der Waals surface area contributed by atoms with Crippen LogP contribution in [0, 0.1) is 0 Å². The Labute approximate surface area is 326 Å². The van der Waals surface area contributed by atoms with Gasteiger partial charge in [0, 0.05) is 0 Å². The van der Waals surface area contributed by atoms with Crippen LogP contribution in [0.1, 0.15) is 184 Å². The van der Waals surface area contributed by atoms with Gasteiger partial charge in [-0.2, -0.15) is 0 Å². The van der Waals surface area contributed by atoms with Crippen LogP contribution < -0.4 is 6.54 Å². The van der Waals surface area contributed by atoms with Crippen LogP contribution in [0.2, 0.25) is 8.26 Å². The molecule has 2 unspecified atom stereocenters. The predicted molar refractivity (Wildman–Crippen MR) is 242 cm³/mol. The van der Waals surface area contributed by atoms with E-state index in [9.17, 15) is 0 Å². The standard InChI is InChI=1S/2C16H21.2C6H5.2C4H9.H2Si.Zr/c2*1-10(2)13-8-14-6-12(5)7-16(14)15(9-13)11(3)4;2*1-2-4-6-5-3-1;2*1-3-4-2;;/h2*6-11H,1-5H3;2*1-5H;2*1,3-4H2,2H3;1H2;. The molecular weight excluding hydrogens is 744 g/mol. The van der Waals surface area contributed by atoms with Crippen molar-refractivity contribution in [1.82, 2.24) is 0 Å². The zero-order chi connectivity index (χ0) is 39.3. The fraction of sp³-hybridized carbons (Fsp3) is 0.462. The van der Waals surface area contributed by atoms with Crippen molar-refractivity contribution in [2.45, 2.75) is 148 Å². The Hall–Kier alpha value is -2.54. The van der Waals surface area contributed by atoms with Crippen LogP contribution in [0.3, 0.4) is 0 Å². The van der Waals surface area contributed by atoms with E-state index in [0.717, 1.165) is 0 Å². The number of unbranched alkanes of at least 4 members (excludes halogenated alkanes) is 2. The summed E-state index contributed by atoms with van der Waals surface area (Å²) in [6, 6.07) is 35.5. The van der Waals surface area contributed by atoms with Crippen molar-refractivity contribution < 1.29 is 14.4 Å². The van der Waals surface area contributed by atoms with Crippen molar-refractivity contribution >= 4 is 25.6 Å². The molecule has 0 heterocycles. The van der Waals surface area contributed by atoms with Crippen LogP contribution in [0.4, 0.5) is 0 Å². The summed E-state index contributed by atoms with van der Waals surface area (Å²) in [7, 11) is 0. The first-order valence-electron chi connectivity index (χ1n) is 21.8. The molecule has 288 valence electrons. The van der Waals surface area contributed by atoms with Gasteiger partial charge in [-0.25, -0.2) is 0 Å². The SMILES string of the molecule is CCC[CH2][Zr](=[SiH2])([CH2]CCC)([c]1ccccc1)([c]1ccccc1)([CH]1C(C)=Cc2c(C(C)C)cc(C(C)C)cc21)[CH]1C(C)=Cc2c(C(C)C)cc(C(C)C)cc21. The van der Waals surface area contributed by atoms with E-state index in [2.05, 4.69) is 187 Å². The molecule has 2 heteroatoms. The van der Waals surface area contributed by atoms with Gasteiger partial charge >= 0.3 is 329 Å². The summed E-state index contributed by atoms with van der Waals surface area (Å²) < 4.78 is 6.38. The van der Waals surface area contributed by atoms with Crippen LogP contribution in [0.5, 0.6) is 0 Å². The van der Waals surface area contributed by atoms with E-state index in [4.69, 9.17) is 0 Å². The number of hydrogen-bond donors (Lipinski definition) is 0. The van der Waals surface area contributed by atoms with Crippen LogP contribution in [0.25, 0.3) is 12.2 Å². The Morgan fingerprint density at radius 1 is 0.519 bits per heavy atom. The molecule has 0 radical (unpaired) electrons. The first-order valence-corrected chi connectivity index (χ1v) is 36.5. The summed E-state index contributed by atoms with van der Waals surface area (Å²) in [6.07, 6.45) is 10.2.